The van der Waals surface area contributed by atoms with Gasteiger partial charge in [0.1, 0.15) is 0 Å². The summed E-state index contributed by atoms with van der Waals surface area (Å²) in [5, 5.41) is 3.24. The molecule has 1 amide bonds. The van der Waals surface area contributed by atoms with E-state index in [4.69, 9.17) is 5.73 Å². The van der Waals surface area contributed by atoms with Crippen LogP contribution < -0.4 is 11.1 Å². The summed E-state index contributed by atoms with van der Waals surface area (Å²) in [5.41, 5.74) is 8.05. The SMILES string of the molecule is NC(=O)Cc1ccc(NCc2cnc[nH]2)cc1. The van der Waals surface area contributed by atoms with E-state index < -0.39 is 0 Å². The third-order valence-electron chi connectivity index (χ3n) is 2.37. The molecule has 0 aliphatic rings. The van der Waals surface area contributed by atoms with Crippen molar-refractivity contribution in [2.75, 3.05) is 5.32 Å². The lowest BCUT2D eigenvalue weighted by Gasteiger charge is -2.05. The molecule has 5 nitrogen and oxygen atoms in total. The summed E-state index contributed by atoms with van der Waals surface area (Å²) in [4.78, 5) is 17.7. The van der Waals surface area contributed by atoms with Crippen molar-refractivity contribution in [2.45, 2.75) is 13.0 Å². The fourth-order valence-electron chi connectivity index (χ4n) is 1.52. The molecule has 2 rings (SSSR count). The molecule has 1 aromatic heterocycles. The second-order valence-corrected chi connectivity index (χ2v) is 3.77. The Morgan fingerprint density at radius 1 is 1.35 bits per heavy atom. The molecular formula is C12H14N4O. The number of anilines is 1. The van der Waals surface area contributed by atoms with Crippen LogP contribution in [0.3, 0.4) is 0 Å². The Balaban J connectivity index is 1.91. The Bertz CT molecular complexity index is 476. The number of rotatable bonds is 5. The van der Waals surface area contributed by atoms with Crippen LogP contribution in [0, 0.1) is 0 Å². The highest BCUT2D eigenvalue weighted by Gasteiger charge is 1.99. The smallest absolute Gasteiger partial charge is 0.221 e. The van der Waals surface area contributed by atoms with Gasteiger partial charge in [0.2, 0.25) is 5.91 Å². The van der Waals surface area contributed by atoms with Gasteiger partial charge in [-0.1, -0.05) is 12.1 Å². The van der Waals surface area contributed by atoms with Gasteiger partial charge in [0.05, 0.1) is 25.0 Å². The van der Waals surface area contributed by atoms with Gasteiger partial charge >= 0.3 is 0 Å². The molecule has 0 spiro atoms. The molecule has 0 radical (unpaired) electrons. The van der Waals surface area contributed by atoms with Crippen LogP contribution in [0.2, 0.25) is 0 Å². The molecule has 1 heterocycles. The van der Waals surface area contributed by atoms with Crippen LogP contribution >= 0.6 is 0 Å². The van der Waals surface area contributed by atoms with E-state index in [-0.39, 0.29) is 12.3 Å². The summed E-state index contributed by atoms with van der Waals surface area (Å²) < 4.78 is 0. The maximum absolute atomic E-state index is 10.7. The minimum absolute atomic E-state index is 0.279. The van der Waals surface area contributed by atoms with Crippen LogP contribution in [0.4, 0.5) is 5.69 Å². The van der Waals surface area contributed by atoms with Crippen molar-refractivity contribution in [1.29, 1.82) is 0 Å². The molecule has 5 heteroatoms. The van der Waals surface area contributed by atoms with E-state index in [1.165, 1.54) is 0 Å². The van der Waals surface area contributed by atoms with Crippen LogP contribution in [0.5, 0.6) is 0 Å². The maximum atomic E-state index is 10.7. The molecule has 17 heavy (non-hydrogen) atoms. The first-order chi connectivity index (χ1) is 8.24. The lowest BCUT2D eigenvalue weighted by Crippen LogP contribution is -2.13. The van der Waals surface area contributed by atoms with Gasteiger partial charge in [-0.05, 0) is 17.7 Å². The number of hydrogen-bond donors (Lipinski definition) is 3. The highest BCUT2D eigenvalue weighted by molar-refractivity contribution is 5.76. The Labute approximate surface area is 99.1 Å². The number of imidazole rings is 1. The lowest BCUT2D eigenvalue weighted by molar-refractivity contribution is -0.117. The second-order valence-electron chi connectivity index (χ2n) is 3.77. The number of primary amides is 1. The lowest BCUT2D eigenvalue weighted by atomic mass is 10.1. The molecule has 0 saturated carbocycles. The third kappa shape index (κ3) is 3.34. The van der Waals surface area contributed by atoms with Crippen molar-refractivity contribution in [3.8, 4) is 0 Å². The van der Waals surface area contributed by atoms with E-state index in [1.54, 1.807) is 12.5 Å². The normalized spacial score (nSPS) is 10.1. The zero-order valence-corrected chi connectivity index (χ0v) is 9.31. The van der Waals surface area contributed by atoms with Crippen molar-refractivity contribution in [3.63, 3.8) is 0 Å². The first kappa shape index (κ1) is 11.2. The number of carbonyl (C=O) groups is 1. The van der Waals surface area contributed by atoms with Gasteiger partial charge < -0.3 is 16.0 Å². The zero-order valence-electron chi connectivity index (χ0n) is 9.31. The van der Waals surface area contributed by atoms with E-state index in [0.717, 1.165) is 16.9 Å². The number of amides is 1. The van der Waals surface area contributed by atoms with Crippen molar-refractivity contribution >= 4 is 11.6 Å². The Morgan fingerprint density at radius 2 is 2.12 bits per heavy atom. The minimum atomic E-state index is -0.317. The van der Waals surface area contributed by atoms with Gasteiger partial charge in [0.25, 0.3) is 0 Å². The molecule has 2 aromatic rings. The summed E-state index contributed by atoms with van der Waals surface area (Å²) in [5.74, 6) is -0.317. The fourth-order valence-corrected chi connectivity index (χ4v) is 1.52. The largest absolute Gasteiger partial charge is 0.379 e. The Morgan fingerprint density at radius 3 is 2.71 bits per heavy atom. The van der Waals surface area contributed by atoms with Gasteiger partial charge in [0, 0.05) is 11.9 Å². The highest BCUT2D eigenvalue weighted by Crippen LogP contribution is 2.10. The van der Waals surface area contributed by atoms with Gasteiger partial charge in [-0.15, -0.1) is 0 Å². The molecule has 0 bridgehead atoms. The van der Waals surface area contributed by atoms with Crippen LogP contribution in [-0.2, 0) is 17.8 Å². The molecular weight excluding hydrogens is 216 g/mol. The molecule has 0 aliphatic heterocycles. The topological polar surface area (TPSA) is 83.8 Å². The second kappa shape index (κ2) is 5.16. The first-order valence-electron chi connectivity index (χ1n) is 5.32. The number of aromatic amines is 1. The Kier molecular flexibility index (Phi) is 3.40. The van der Waals surface area contributed by atoms with Crippen LogP contribution in [0.25, 0.3) is 0 Å². The molecule has 0 unspecified atom stereocenters. The van der Waals surface area contributed by atoms with Crippen LogP contribution in [0.1, 0.15) is 11.3 Å². The molecule has 0 atom stereocenters. The molecule has 1 aromatic carbocycles. The van der Waals surface area contributed by atoms with Crippen molar-refractivity contribution in [3.05, 3.63) is 48.0 Å². The summed E-state index contributed by atoms with van der Waals surface area (Å²) in [6, 6.07) is 7.63. The van der Waals surface area contributed by atoms with Crippen molar-refractivity contribution < 1.29 is 4.79 Å². The Hall–Kier alpha value is -2.30. The molecule has 4 N–H and O–H groups in total. The summed E-state index contributed by atoms with van der Waals surface area (Å²) in [6.45, 7) is 0.690. The van der Waals surface area contributed by atoms with Gasteiger partial charge in [-0.25, -0.2) is 4.98 Å². The predicted molar refractivity (Wildman–Crippen MR) is 65.3 cm³/mol. The summed E-state index contributed by atoms with van der Waals surface area (Å²) >= 11 is 0. The number of nitrogens with zero attached hydrogens (tertiary/aromatic N) is 1. The van der Waals surface area contributed by atoms with Gasteiger partial charge in [0.15, 0.2) is 0 Å². The molecule has 0 fully saturated rings. The van der Waals surface area contributed by atoms with Crippen molar-refractivity contribution in [2.24, 2.45) is 5.73 Å². The average molecular weight is 230 g/mol. The van der Waals surface area contributed by atoms with E-state index >= 15 is 0 Å². The van der Waals surface area contributed by atoms with E-state index in [9.17, 15) is 4.79 Å². The number of hydrogen-bond acceptors (Lipinski definition) is 3. The first-order valence-corrected chi connectivity index (χ1v) is 5.32. The molecule has 88 valence electrons. The summed E-state index contributed by atoms with van der Waals surface area (Å²) in [6.07, 6.45) is 3.70. The van der Waals surface area contributed by atoms with Gasteiger partial charge in [-0.2, -0.15) is 0 Å². The minimum Gasteiger partial charge on any atom is -0.379 e. The quantitative estimate of drug-likeness (QED) is 0.717. The zero-order chi connectivity index (χ0) is 12.1. The average Bonchev–Trinajstić information content (AvgIpc) is 2.80. The molecule has 0 saturated heterocycles. The number of H-pyrrole nitrogens is 1. The number of nitrogens with one attached hydrogen (secondary N) is 2. The van der Waals surface area contributed by atoms with Gasteiger partial charge in [-0.3, -0.25) is 4.79 Å². The van der Waals surface area contributed by atoms with E-state index in [2.05, 4.69) is 15.3 Å². The predicted octanol–water partition coefficient (Wildman–Crippen LogP) is 1.05. The standard InChI is InChI=1S/C12H14N4O/c13-12(17)5-9-1-3-10(4-2-9)15-7-11-6-14-8-16-11/h1-4,6,8,15H,5,7H2,(H2,13,17)(H,14,16). The van der Waals surface area contributed by atoms with Crippen molar-refractivity contribution in [1.82, 2.24) is 9.97 Å². The van der Waals surface area contributed by atoms with E-state index in [1.807, 2.05) is 24.3 Å². The molecule has 0 aliphatic carbocycles. The van der Waals surface area contributed by atoms with E-state index in [0.29, 0.717) is 6.54 Å². The monoisotopic (exact) mass is 230 g/mol. The van der Waals surface area contributed by atoms with Crippen LogP contribution in [0.15, 0.2) is 36.8 Å². The fraction of sp³-hybridized carbons (Fsp3) is 0.167. The number of benzene rings is 1. The number of carbonyl (C=O) groups excluding carboxylic acids is 1. The number of aromatic nitrogens is 2. The third-order valence-corrected chi connectivity index (χ3v) is 2.37. The summed E-state index contributed by atoms with van der Waals surface area (Å²) in [7, 11) is 0. The maximum Gasteiger partial charge on any atom is 0.221 e. The number of nitrogens with two attached hydrogens (primary N) is 1. The highest BCUT2D eigenvalue weighted by atomic mass is 16.1. The van der Waals surface area contributed by atoms with Crippen LogP contribution in [-0.4, -0.2) is 15.9 Å².